The van der Waals surface area contributed by atoms with Gasteiger partial charge in [-0.3, -0.25) is 0 Å². The molecule has 0 saturated heterocycles. The predicted octanol–water partition coefficient (Wildman–Crippen LogP) is 3.75. The summed E-state index contributed by atoms with van der Waals surface area (Å²) in [5.41, 5.74) is 0. The van der Waals surface area contributed by atoms with Crippen molar-refractivity contribution in [2.24, 2.45) is 0 Å². The Bertz CT molecular complexity index is 462. The van der Waals surface area contributed by atoms with Crippen LogP contribution in [0.4, 0.5) is 4.39 Å². The van der Waals surface area contributed by atoms with E-state index in [-0.39, 0.29) is 5.82 Å². The maximum atomic E-state index is 13.4. The summed E-state index contributed by atoms with van der Waals surface area (Å²) in [7, 11) is 0. The number of halogens is 1. The molecule has 1 heterocycles. The van der Waals surface area contributed by atoms with Crippen LogP contribution in [0.15, 0.2) is 18.2 Å². The van der Waals surface area contributed by atoms with Gasteiger partial charge in [0, 0.05) is 10.3 Å². The molecule has 1 aromatic carbocycles. The first-order valence-electron chi connectivity index (χ1n) is 4.54. The van der Waals surface area contributed by atoms with Crippen molar-refractivity contribution in [2.45, 2.75) is 13.8 Å². The molecule has 2 aromatic rings. The van der Waals surface area contributed by atoms with Crippen molar-refractivity contribution >= 4 is 21.4 Å². The van der Waals surface area contributed by atoms with E-state index < -0.39 is 0 Å². The lowest BCUT2D eigenvalue weighted by Crippen LogP contribution is -1.91. The minimum absolute atomic E-state index is 0.173. The second kappa shape index (κ2) is 3.58. The molecule has 0 spiro atoms. The molecule has 1 nitrogen and oxygen atoms in total. The van der Waals surface area contributed by atoms with Crippen LogP contribution in [0.25, 0.3) is 10.1 Å². The Balaban J connectivity index is 2.68. The summed E-state index contributed by atoms with van der Waals surface area (Å²) >= 11 is 1.57. The Hall–Kier alpha value is -1.09. The molecule has 0 saturated carbocycles. The van der Waals surface area contributed by atoms with E-state index in [0.717, 1.165) is 15.3 Å². The number of aryl methyl sites for hydroxylation is 1. The van der Waals surface area contributed by atoms with E-state index in [1.807, 2.05) is 19.9 Å². The Morgan fingerprint density at radius 3 is 2.93 bits per heavy atom. The van der Waals surface area contributed by atoms with Gasteiger partial charge in [-0.05, 0) is 32.0 Å². The summed E-state index contributed by atoms with van der Waals surface area (Å²) in [5.74, 6) is 0.606. The fourth-order valence-corrected chi connectivity index (χ4v) is 2.45. The van der Waals surface area contributed by atoms with E-state index in [1.54, 1.807) is 17.4 Å². The van der Waals surface area contributed by atoms with Crippen LogP contribution >= 0.6 is 11.3 Å². The van der Waals surface area contributed by atoms with Crippen molar-refractivity contribution < 1.29 is 9.13 Å². The average molecular weight is 210 g/mol. The molecule has 0 N–H and O–H groups in total. The minimum Gasteiger partial charge on any atom is -0.492 e. The van der Waals surface area contributed by atoms with Crippen molar-refractivity contribution in [3.8, 4) is 5.75 Å². The van der Waals surface area contributed by atoms with Gasteiger partial charge in [-0.15, -0.1) is 11.3 Å². The molecule has 0 aliphatic heterocycles. The highest BCUT2D eigenvalue weighted by molar-refractivity contribution is 7.19. The van der Waals surface area contributed by atoms with Crippen LogP contribution in [0.5, 0.6) is 5.75 Å². The van der Waals surface area contributed by atoms with Crippen LogP contribution in [0.3, 0.4) is 0 Å². The smallest absolute Gasteiger partial charge is 0.137 e. The largest absolute Gasteiger partial charge is 0.492 e. The second-order valence-corrected chi connectivity index (χ2v) is 4.33. The molecule has 0 unspecified atom stereocenters. The Kier molecular flexibility index (Phi) is 2.42. The van der Waals surface area contributed by atoms with Crippen molar-refractivity contribution in [1.29, 1.82) is 0 Å². The van der Waals surface area contributed by atoms with Gasteiger partial charge >= 0.3 is 0 Å². The van der Waals surface area contributed by atoms with Gasteiger partial charge in [0.05, 0.1) is 11.3 Å². The summed E-state index contributed by atoms with van der Waals surface area (Å²) in [5, 5.41) is 0.665. The number of rotatable bonds is 2. The van der Waals surface area contributed by atoms with Crippen LogP contribution in [-0.4, -0.2) is 6.61 Å². The fourth-order valence-electron chi connectivity index (χ4n) is 1.46. The van der Waals surface area contributed by atoms with Gasteiger partial charge in [-0.25, -0.2) is 4.39 Å². The molecule has 0 aliphatic rings. The van der Waals surface area contributed by atoms with E-state index in [1.165, 1.54) is 6.07 Å². The van der Waals surface area contributed by atoms with Crippen molar-refractivity contribution in [3.05, 3.63) is 28.9 Å². The molecule has 0 amide bonds. The van der Waals surface area contributed by atoms with E-state index in [9.17, 15) is 4.39 Å². The highest BCUT2D eigenvalue weighted by atomic mass is 32.1. The number of hydrogen-bond acceptors (Lipinski definition) is 2. The molecular formula is C11H11FOS. The number of hydrogen-bond donors (Lipinski definition) is 0. The molecule has 0 fully saturated rings. The summed E-state index contributed by atoms with van der Waals surface area (Å²) in [6.07, 6.45) is 0. The maximum Gasteiger partial charge on any atom is 0.137 e. The Labute approximate surface area is 86.1 Å². The first-order chi connectivity index (χ1) is 6.72. The molecule has 0 radical (unpaired) electrons. The lowest BCUT2D eigenvalue weighted by molar-refractivity contribution is 0.344. The topological polar surface area (TPSA) is 9.23 Å². The van der Waals surface area contributed by atoms with Crippen molar-refractivity contribution in [1.82, 2.24) is 0 Å². The van der Waals surface area contributed by atoms with E-state index in [0.29, 0.717) is 12.0 Å². The fraction of sp³-hybridized carbons (Fsp3) is 0.273. The monoisotopic (exact) mass is 210 g/mol. The van der Waals surface area contributed by atoms with E-state index >= 15 is 0 Å². The lowest BCUT2D eigenvalue weighted by Gasteiger charge is -2.03. The van der Waals surface area contributed by atoms with Gasteiger partial charge in [0.1, 0.15) is 11.6 Å². The third-order valence-electron chi connectivity index (χ3n) is 2.02. The quantitative estimate of drug-likeness (QED) is 0.733. The third kappa shape index (κ3) is 1.48. The van der Waals surface area contributed by atoms with Crippen molar-refractivity contribution in [3.63, 3.8) is 0 Å². The van der Waals surface area contributed by atoms with Gasteiger partial charge in [-0.1, -0.05) is 0 Å². The molecule has 1 aromatic heterocycles. The number of ether oxygens (including phenoxy) is 1. The first kappa shape index (κ1) is 9.46. The SMILES string of the molecule is CCOc1ccc(F)c2cc(C)sc12. The Morgan fingerprint density at radius 2 is 2.21 bits per heavy atom. The zero-order chi connectivity index (χ0) is 10.1. The maximum absolute atomic E-state index is 13.4. The predicted molar refractivity (Wildman–Crippen MR) is 57.7 cm³/mol. The van der Waals surface area contributed by atoms with Crippen LogP contribution in [0, 0.1) is 12.7 Å². The van der Waals surface area contributed by atoms with Gasteiger partial charge < -0.3 is 4.74 Å². The zero-order valence-corrected chi connectivity index (χ0v) is 8.95. The van der Waals surface area contributed by atoms with E-state index in [2.05, 4.69) is 0 Å². The van der Waals surface area contributed by atoms with Gasteiger partial charge in [0.2, 0.25) is 0 Å². The Morgan fingerprint density at radius 1 is 1.43 bits per heavy atom. The molecule has 0 aliphatic carbocycles. The normalized spacial score (nSPS) is 10.8. The third-order valence-corrected chi connectivity index (χ3v) is 3.08. The van der Waals surface area contributed by atoms with Gasteiger partial charge in [-0.2, -0.15) is 0 Å². The average Bonchev–Trinajstić information content (AvgIpc) is 2.53. The summed E-state index contributed by atoms with van der Waals surface area (Å²) in [4.78, 5) is 1.10. The minimum atomic E-state index is -0.173. The van der Waals surface area contributed by atoms with Crippen LogP contribution in [0.1, 0.15) is 11.8 Å². The van der Waals surface area contributed by atoms with Crippen molar-refractivity contribution in [2.75, 3.05) is 6.61 Å². The second-order valence-electron chi connectivity index (χ2n) is 3.08. The summed E-state index contributed by atoms with van der Waals surface area (Å²) in [6.45, 7) is 4.51. The van der Waals surface area contributed by atoms with Crippen LogP contribution in [-0.2, 0) is 0 Å². The molecule has 3 heteroatoms. The number of benzene rings is 1. The van der Waals surface area contributed by atoms with Crippen LogP contribution < -0.4 is 4.74 Å². The molecule has 74 valence electrons. The summed E-state index contributed by atoms with van der Waals surface area (Å²) < 4.78 is 19.7. The highest BCUT2D eigenvalue weighted by Gasteiger charge is 2.09. The molecule has 0 bridgehead atoms. The molecule has 0 atom stereocenters. The molecule has 14 heavy (non-hydrogen) atoms. The highest BCUT2D eigenvalue weighted by Crippen LogP contribution is 2.34. The summed E-state index contributed by atoms with van der Waals surface area (Å²) in [6, 6.07) is 5.01. The lowest BCUT2D eigenvalue weighted by atomic mass is 10.2. The first-order valence-corrected chi connectivity index (χ1v) is 5.35. The number of thiophene rings is 1. The van der Waals surface area contributed by atoms with Crippen LogP contribution in [0.2, 0.25) is 0 Å². The molecule has 2 rings (SSSR count). The van der Waals surface area contributed by atoms with Gasteiger partial charge in [0.15, 0.2) is 0 Å². The zero-order valence-electron chi connectivity index (χ0n) is 8.13. The van der Waals surface area contributed by atoms with Gasteiger partial charge in [0.25, 0.3) is 0 Å². The molecular weight excluding hydrogens is 199 g/mol. The van der Waals surface area contributed by atoms with E-state index in [4.69, 9.17) is 4.74 Å². The number of fused-ring (bicyclic) bond motifs is 1. The standard InChI is InChI=1S/C11H11FOS/c1-3-13-10-5-4-9(12)8-6-7(2)14-11(8)10/h4-6H,3H2,1-2H3.